The zero-order chi connectivity index (χ0) is 12.2. The maximum atomic E-state index is 12.0. The summed E-state index contributed by atoms with van der Waals surface area (Å²) in [6.07, 6.45) is 3.93. The molecule has 5 heteroatoms. The Balaban J connectivity index is 2.55. The lowest BCUT2D eigenvalue weighted by molar-refractivity contribution is 0.501. The van der Waals surface area contributed by atoms with Crippen LogP contribution in [-0.2, 0) is 26.9 Å². The maximum Gasteiger partial charge on any atom is 0.331 e. The van der Waals surface area contributed by atoms with E-state index in [4.69, 9.17) is 4.42 Å². The van der Waals surface area contributed by atoms with Crippen LogP contribution >= 0.6 is 0 Å². The summed E-state index contributed by atoms with van der Waals surface area (Å²) < 4.78 is 8.26. The average molecular weight is 234 g/mol. The van der Waals surface area contributed by atoms with E-state index in [2.05, 4.69) is 0 Å². The minimum Gasteiger partial charge on any atom is -0.453 e. The second-order valence-corrected chi connectivity index (χ2v) is 4.59. The minimum atomic E-state index is -0.336. The van der Waals surface area contributed by atoms with Gasteiger partial charge in [-0.25, -0.2) is 4.79 Å². The van der Waals surface area contributed by atoms with Crippen LogP contribution in [0.15, 0.2) is 14.0 Å². The molecule has 0 saturated heterocycles. The van der Waals surface area contributed by atoms with E-state index < -0.39 is 0 Å². The molecular weight excluding hydrogens is 220 g/mol. The van der Waals surface area contributed by atoms with Crippen LogP contribution in [0.5, 0.6) is 0 Å². The first kappa shape index (κ1) is 10.4. The predicted octanol–water partition coefficient (Wildman–Crippen LogP) is 0.709. The van der Waals surface area contributed by atoms with Crippen LogP contribution in [0.2, 0.25) is 0 Å². The largest absolute Gasteiger partial charge is 0.453 e. The van der Waals surface area contributed by atoms with Crippen LogP contribution in [0.3, 0.4) is 0 Å². The Kier molecular flexibility index (Phi) is 2.05. The predicted molar refractivity (Wildman–Crippen MR) is 63.3 cm³/mol. The number of furan rings is 1. The number of hydrogen-bond acceptors (Lipinski definition) is 3. The molecule has 0 unspecified atom stereocenters. The van der Waals surface area contributed by atoms with Crippen molar-refractivity contribution in [3.05, 3.63) is 32.2 Å². The first-order chi connectivity index (χ1) is 8.11. The minimum absolute atomic E-state index is 0.295. The normalized spacial score (nSPS) is 15.2. The van der Waals surface area contributed by atoms with Gasteiger partial charge in [0.15, 0.2) is 0 Å². The molecule has 2 heterocycles. The van der Waals surface area contributed by atoms with E-state index in [1.807, 2.05) is 0 Å². The smallest absolute Gasteiger partial charge is 0.331 e. The fraction of sp³-hybridized carbons (Fsp3) is 0.500. The van der Waals surface area contributed by atoms with Crippen molar-refractivity contribution in [3.8, 4) is 0 Å². The van der Waals surface area contributed by atoms with Gasteiger partial charge in [0.25, 0.3) is 5.56 Å². The number of hydrogen-bond donors (Lipinski definition) is 0. The first-order valence-electron chi connectivity index (χ1n) is 5.81. The van der Waals surface area contributed by atoms with Gasteiger partial charge in [-0.1, -0.05) is 0 Å². The highest BCUT2D eigenvalue weighted by Gasteiger charge is 2.22. The second kappa shape index (κ2) is 3.35. The molecule has 0 fully saturated rings. The van der Waals surface area contributed by atoms with Gasteiger partial charge in [0.2, 0.25) is 5.58 Å². The summed E-state index contributed by atoms with van der Waals surface area (Å²) in [5.41, 5.74) is 1.42. The third kappa shape index (κ3) is 1.25. The fourth-order valence-corrected chi connectivity index (χ4v) is 2.61. The summed E-state index contributed by atoms with van der Waals surface area (Å²) >= 11 is 0. The lowest BCUT2D eigenvalue weighted by Gasteiger charge is -2.09. The lowest BCUT2D eigenvalue weighted by Crippen LogP contribution is -2.36. The molecule has 1 aliphatic rings. The van der Waals surface area contributed by atoms with Gasteiger partial charge >= 0.3 is 5.69 Å². The Morgan fingerprint density at radius 1 is 1.06 bits per heavy atom. The van der Waals surface area contributed by atoms with E-state index in [1.54, 1.807) is 7.05 Å². The Morgan fingerprint density at radius 3 is 2.53 bits per heavy atom. The third-order valence-electron chi connectivity index (χ3n) is 3.55. The molecule has 17 heavy (non-hydrogen) atoms. The van der Waals surface area contributed by atoms with E-state index >= 15 is 0 Å². The van der Waals surface area contributed by atoms with Crippen molar-refractivity contribution in [2.24, 2.45) is 14.1 Å². The van der Waals surface area contributed by atoms with Crippen LogP contribution in [0.1, 0.15) is 24.2 Å². The summed E-state index contributed by atoms with van der Waals surface area (Å²) in [5, 5.41) is 0. The molecule has 0 aromatic carbocycles. The molecule has 2 aromatic rings. The van der Waals surface area contributed by atoms with Gasteiger partial charge in [-0.15, -0.1) is 0 Å². The zero-order valence-corrected chi connectivity index (χ0v) is 9.95. The highest BCUT2D eigenvalue weighted by Crippen LogP contribution is 2.29. The molecule has 5 nitrogen and oxygen atoms in total. The van der Waals surface area contributed by atoms with Gasteiger partial charge in [-0.05, 0) is 19.3 Å². The molecule has 0 spiro atoms. The molecule has 0 aliphatic heterocycles. The molecule has 1 aliphatic carbocycles. The highest BCUT2D eigenvalue weighted by atomic mass is 16.3. The molecule has 0 atom stereocenters. The van der Waals surface area contributed by atoms with E-state index in [0.717, 1.165) is 41.6 Å². The molecule has 90 valence electrons. The SMILES string of the molecule is Cn1c(=O)c2oc3c(c2n(C)c1=O)CCCC3. The van der Waals surface area contributed by atoms with Gasteiger partial charge in [0, 0.05) is 26.1 Å². The molecule has 2 aromatic heterocycles. The third-order valence-corrected chi connectivity index (χ3v) is 3.55. The molecule has 0 bridgehead atoms. The number of rotatable bonds is 0. The lowest BCUT2D eigenvalue weighted by atomic mass is 9.98. The van der Waals surface area contributed by atoms with Gasteiger partial charge < -0.3 is 4.42 Å². The molecular formula is C12H14N2O3. The first-order valence-corrected chi connectivity index (χ1v) is 5.81. The van der Waals surface area contributed by atoms with E-state index in [9.17, 15) is 9.59 Å². The van der Waals surface area contributed by atoms with Gasteiger partial charge in [-0.2, -0.15) is 0 Å². The Labute approximate surface area is 97.3 Å². The van der Waals surface area contributed by atoms with Crippen LogP contribution in [0.4, 0.5) is 0 Å². The molecule has 0 amide bonds. The molecule has 0 saturated carbocycles. The van der Waals surface area contributed by atoms with E-state index in [-0.39, 0.29) is 11.2 Å². The molecule has 0 N–H and O–H groups in total. The summed E-state index contributed by atoms with van der Waals surface area (Å²) in [6, 6.07) is 0. The summed E-state index contributed by atoms with van der Waals surface area (Å²) in [7, 11) is 3.17. The topological polar surface area (TPSA) is 57.1 Å². The van der Waals surface area contributed by atoms with E-state index in [0.29, 0.717) is 11.1 Å². The maximum absolute atomic E-state index is 12.0. The standard InChI is InChI=1S/C12H14N2O3/c1-13-9-7-5-3-4-6-8(7)17-10(9)11(15)14(2)12(13)16/h3-6H2,1-2H3. The Bertz CT molecular complexity index is 718. The van der Waals surface area contributed by atoms with Crippen molar-refractivity contribution in [3.63, 3.8) is 0 Å². The molecule has 3 rings (SSSR count). The summed E-state index contributed by atoms with van der Waals surface area (Å²) in [5.74, 6) is 0.879. The van der Waals surface area contributed by atoms with E-state index in [1.165, 1.54) is 11.6 Å². The summed E-state index contributed by atoms with van der Waals surface area (Å²) in [4.78, 5) is 23.8. The van der Waals surface area contributed by atoms with Crippen LogP contribution in [0, 0.1) is 0 Å². The number of aromatic nitrogens is 2. The van der Waals surface area contributed by atoms with Crippen molar-refractivity contribution < 1.29 is 4.42 Å². The van der Waals surface area contributed by atoms with Gasteiger partial charge in [0.1, 0.15) is 11.3 Å². The van der Waals surface area contributed by atoms with Gasteiger partial charge in [-0.3, -0.25) is 13.9 Å². The molecule has 0 radical (unpaired) electrons. The van der Waals surface area contributed by atoms with Crippen molar-refractivity contribution in [2.45, 2.75) is 25.7 Å². The number of nitrogens with zero attached hydrogens (tertiary/aromatic N) is 2. The Hall–Kier alpha value is -1.78. The second-order valence-electron chi connectivity index (χ2n) is 4.59. The van der Waals surface area contributed by atoms with Crippen LogP contribution < -0.4 is 11.2 Å². The van der Waals surface area contributed by atoms with Gasteiger partial charge in [0.05, 0.1) is 0 Å². The van der Waals surface area contributed by atoms with Crippen molar-refractivity contribution in [1.82, 2.24) is 9.13 Å². The van der Waals surface area contributed by atoms with Crippen molar-refractivity contribution in [1.29, 1.82) is 0 Å². The quantitative estimate of drug-likeness (QED) is 0.674. The van der Waals surface area contributed by atoms with Crippen molar-refractivity contribution >= 4 is 11.1 Å². The van der Waals surface area contributed by atoms with Crippen LogP contribution in [-0.4, -0.2) is 9.13 Å². The monoisotopic (exact) mass is 234 g/mol. The highest BCUT2D eigenvalue weighted by molar-refractivity contribution is 5.77. The summed E-state index contributed by atoms with van der Waals surface area (Å²) in [6.45, 7) is 0. The average Bonchev–Trinajstić information content (AvgIpc) is 2.73. The fourth-order valence-electron chi connectivity index (χ4n) is 2.61. The van der Waals surface area contributed by atoms with Crippen molar-refractivity contribution in [2.75, 3.05) is 0 Å². The number of fused-ring (bicyclic) bond motifs is 3. The van der Waals surface area contributed by atoms with Crippen LogP contribution in [0.25, 0.3) is 11.1 Å². The number of aryl methyl sites for hydroxylation is 3. The zero-order valence-electron chi connectivity index (χ0n) is 9.95. The Morgan fingerprint density at radius 2 is 1.76 bits per heavy atom.